The molecule has 1 amide bonds. The fourth-order valence-electron chi connectivity index (χ4n) is 3.06. The van der Waals surface area contributed by atoms with Crippen molar-refractivity contribution in [3.63, 3.8) is 0 Å². The molecule has 6 nitrogen and oxygen atoms in total. The summed E-state index contributed by atoms with van der Waals surface area (Å²) >= 11 is 4.57. The maximum Gasteiger partial charge on any atom is 0.267 e. The molecule has 3 aromatic rings. The molecule has 0 atom stereocenters. The summed E-state index contributed by atoms with van der Waals surface area (Å²) in [5.41, 5.74) is 1.77. The second kappa shape index (κ2) is 10.2. The summed E-state index contributed by atoms with van der Waals surface area (Å²) in [7, 11) is -3.67. The zero-order chi connectivity index (χ0) is 21.7. The van der Waals surface area contributed by atoms with Gasteiger partial charge in [-0.3, -0.25) is 9.78 Å². The molecule has 1 aliphatic heterocycles. The van der Waals surface area contributed by atoms with Crippen LogP contribution in [0.3, 0.4) is 0 Å². The van der Waals surface area contributed by atoms with Crippen molar-refractivity contribution in [2.45, 2.75) is 15.5 Å². The van der Waals surface area contributed by atoms with E-state index in [2.05, 4.69) is 10.3 Å². The van der Waals surface area contributed by atoms with Gasteiger partial charge in [0.15, 0.2) is 0 Å². The highest BCUT2D eigenvalue weighted by molar-refractivity contribution is 7.99. The molecule has 2 aromatic heterocycles. The summed E-state index contributed by atoms with van der Waals surface area (Å²) in [5.74, 6) is 1.95. The summed E-state index contributed by atoms with van der Waals surface area (Å²) in [6, 6.07) is 13.0. The molecule has 162 valence electrons. The molecule has 0 aliphatic carbocycles. The molecule has 4 rings (SSSR count). The number of hydrogen-bond donors (Lipinski definition) is 1. The number of anilines is 1. The van der Waals surface area contributed by atoms with E-state index in [9.17, 15) is 13.2 Å². The SMILES string of the molecule is O=C(Nc1ccc(SCc2cccnc2)cc1)c1sccc1S(=O)(=O)N1CCSCC1. The quantitative estimate of drug-likeness (QED) is 0.493. The smallest absolute Gasteiger partial charge is 0.267 e. The Kier molecular flexibility index (Phi) is 7.34. The monoisotopic (exact) mass is 491 g/mol. The van der Waals surface area contributed by atoms with Crippen LogP contribution in [-0.4, -0.2) is 48.2 Å². The highest BCUT2D eigenvalue weighted by atomic mass is 32.2. The molecule has 1 N–H and O–H groups in total. The van der Waals surface area contributed by atoms with E-state index in [0.717, 1.165) is 39.1 Å². The number of amides is 1. The number of aromatic nitrogens is 1. The minimum atomic E-state index is -3.67. The van der Waals surface area contributed by atoms with Gasteiger partial charge in [-0.05, 0) is 47.3 Å². The molecule has 10 heteroatoms. The zero-order valence-electron chi connectivity index (χ0n) is 16.6. The molecule has 3 heterocycles. The van der Waals surface area contributed by atoms with Gasteiger partial charge in [0.2, 0.25) is 10.0 Å². The van der Waals surface area contributed by atoms with Crippen LogP contribution in [0.5, 0.6) is 0 Å². The maximum atomic E-state index is 13.0. The molecule has 0 spiro atoms. The maximum absolute atomic E-state index is 13.0. The molecule has 1 aromatic carbocycles. The van der Waals surface area contributed by atoms with Crippen LogP contribution in [0.15, 0.2) is 70.0 Å². The van der Waals surface area contributed by atoms with E-state index >= 15 is 0 Å². The Balaban J connectivity index is 1.41. The lowest BCUT2D eigenvalue weighted by atomic mass is 10.3. The van der Waals surface area contributed by atoms with Gasteiger partial charge in [-0.25, -0.2) is 8.42 Å². The van der Waals surface area contributed by atoms with Gasteiger partial charge in [-0.1, -0.05) is 6.07 Å². The lowest BCUT2D eigenvalue weighted by Crippen LogP contribution is -2.38. The Morgan fingerprint density at radius 1 is 1.13 bits per heavy atom. The van der Waals surface area contributed by atoms with E-state index in [4.69, 9.17) is 0 Å². The molecule has 0 saturated carbocycles. The van der Waals surface area contributed by atoms with Gasteiger partial charge in [0.05, 0.1) is 0 Å². The number of rotatable bonds is 7. The first-order valence-electron chi connectivity index (χ1n) is 9.62. The van der Waals surface area contributed by atoms with Crippen molar-refractivity contribution in [1.29, 1.82) is 0 Å². The van der Waals surface area contributed by atoms with Crippen molar-refractivity contribution in [2.75, 3.05) is 29.9 Å². The molecule has 0 bridgehead atoms. The predicted octanol–water partition coefficient (Wildman–Crippen LogP) is 4.43. The van der Waals surface area contributed by atoms with Crippen LogP contribution >= 0.6 is 34.9 Å². The van der Waals surface area contributed by atoms with Crippen molar-refractivity contribution in [1.82, 2.24) is 9.29 Å². The minimum Gasteiger partial charge on any atom is -0.321 e. The first-order valence-corrected chi connectivity index (χ1v) is 14.1. The topological polar surface area (TPSA) is 79.4 Å². The van der Waals surface area contributed by atoms with E-state index in [-0.39, 0.29) is 9.77 Å². The summed E-state index contributed by atoms with van der Waals surface area (Å²) in [6.45, 7) is 0.949. The Labute approximate surface area is 194 Å². The van der Waals surface area contributed by atoms with Crippen LogP contribution in [0.2, 0.25) is 0 Å². The van der Waals surface area contributed by atoms with Gasteiger partial charge in [0.1, 0.15) is 9.77 Å². The standard InChI is InChI=1S/C21H21N3O3S4/c25-21(20-19(7-11-29-20)31(26,27)24-9-12-28-13-10-24)23-17-3-5-18(6-4-17)30-15-16-2-1-8-22-14-16/h1-8,11,14H,9-10,12-13,15H2,(H,23,25). The number of pyridine rings is 1. The Bertz CT molecular complexity index is 1130. The fourth-order valence-corrected chi connectivity index (χ4v) is 7.77. The van der Waals surface area contributed by atoms with Crippen molar-refractivity contribution in [3.8, 4) is 0 Å². The lowest BCUT2D eigenvalue weighted by molar-refractivity contribution is 0.102. The zero-order valence-corrected chi connectivity index (χ0v) is 19.8. The third-order valence-electron chi connectivity index (χ3n) is 4.66. The van der Waals surface area contributed by atoms with Gasteiger partial charge in [-0.2, -0.15) is 16.1 Å². The van der Waals surface area contributed by atoms with Crippen LogP contribution in [-0.2, 0) is 15.8 Å². The molecule has 31 heavy (non-hydrogen) atoms. The number of nitrogens with zero attached hydrogens (tertiary/aromatic N) is 2. The first kappa shape index (κ1) is 22.3. The number of carbonyl (C=O) groups excluding carboxylic acids is 1. The van der Waals surface area contributed by atoms with Gasteiger partial charge in [0, 0.05) is 53.3 Å². The van der Waals surface area contributed by atoms with Gasteiger partial charge in [-0.15, -0.1) is 23.1 Å². The summed E-state index contributed by atoms with van der Waals surface area (Å²) in [4.78, 5) is 18.3. The Hall–Kier alpha value is -1.85. The normalized spacial score (nSPS) is 15.0. The van der Waals surface area contributed by atoms with Crippen LogP contribution in [0.4, 0.5) is 5.69 Å². The third-order valence-corrected chi connectivity index (χ3v) is 9.67. The third kappa shape index (κ3) is 5.50. The summed E-state index contributed by atoms with van der Waals surface area (Å²) in [5, 5.41) is 4.48. The molecule has 0 unspecified atom stereocenters. The molecule has 1 aliphatic rings. The van der Waals surface area contributed by atoms with Crippen LogP contribution in [0.25, 0.3) is 0 Å². The average molecular weight is 492 g/mol. The molecular weight excluding hydrogens is 471 g/mol. The number of benzene rings is 1. The van der Waals surface area contributed by atoms with Gasteiger partial charge in [0.25, 0.3) is 5.91 Å². The number of carbonyl (C=O) groups is 1. The fraction of sp³-hybridized carbons (Fsp3) is 0.238. The van der Waals surface area contributed by atoms with Crippen molar-refractivity contribution < 1.29 is 13.2 Å². The Morgan fingerprint density at radius 2 is 1.90 bits per heavy atom. The molecular formula is C21H21N3O3S4. The number of thioether (sulfide) groups is 2. The number of sulfonamides is 1. The first-order chi connectivity index (χ1) is 15.0. The van der Waals surface area contributed by atoms with E-state index in [1.807, 2.05) is 42.6 Å². The van der Waals surface area contributed by atoms with Crippen molar-refractivity contribution >= 4 is 56.5 Å². The summed E-state index contributed by atoms with van der Waals surface area (Å²) in [6.07, 6.45) is 3.60. The number of hydrogen-bond acceptors (Lipinski definition) is 7. The number of nitrogens with one attached hydrogen (secondary N) is 1. The van der Waals surface area contributed by atoms with Gasteiger partial charge >= 0.3 is 0 Å². The van der Waals surface area contributed by atoms with Crippen LogP contribution in [0.1, 0.15) is 15.2 Å². The van der Waals surface area contributed by atoms with Crippen LogP contribution in [0, 0.1) is 0 Å². The largest absolute Gasteiger partial charge is 0.321 e. The van der Waals surface area contributed by atoms with Crippen molar-refractivity contribution in [2.24, 2.45) is 0 Å². The van der Waals surface area contributed by atoms with Crippen molar-refractivity contribution in [3.05, 3.63) is 70.7 Å². The number of thiophene rings is 1. The Morgan fingerprint density at radius 3 is 2.61 bits per heavy atom. The predicted molar refractivity (Wildman–Crippen MR) is 129 cm³/mol. The van der Waals surface area contributed by atoms with E-state index in [0.29, 0.717) is 18.8 Å². The van der Waals surface area contributed by atoms with Gasteiger partial charge < -0.3 is 5.32 Å². The highest BCUT2D eigenvalue weighted by Crippen LogP contribution is 2.29. The molecule has 0 radical (unpaired) electrons. The molecule has 1 fully saturated rings. The second-order valence-electron chi connectivity index (χ2n) is 6.76. The van der Waals surface area contributed by atoms with Crippen LogP contribution < -0.4 is 5.32 Å². The second-order valence-corrected chi connectivity index (χ2v) is 11.9. The van der Waals surface area contributed by atoms with E-state index < -0.39 is 15.9 Å². The highest BCUT2D eigenvalue weighted by Gasteiger charge is 2.31. The minimum absolute atomic E-state index is 0.0885. The van der Waals surface area contributed by atoms with E-state index in [1.54, 1.807) is 35.1 Å². The lowest BCUT2D eigenvalue weighted by Gasteiger charge is -2.25. The average Bonchev–Trinajstić information content (AvgIpc) is 3.31. The summed E-state index contributed by atoms with van der Waals surface area (Å²) < 4.78 is 27.5. The van der Waals surface area contributed by atoms with E-state index in [1.165, 1.54) is 10.4 Å². The molecule has 1 saturated heterocycles.